The van der Waals surface area contributed by atoms with Crippen molar-refractivity contribution in [3.8, 4) is 0 Å². The second kappa shape index (κ2) is 10.7. The topological polar surface area (TPSA) is 53.2 Å². The van der Waals surface area contributed by atoms with Crippen LogP contribution < -0.4 is 12.4 Å². The minimum Gasteiger partial charge on any atom is -1.00 e. The number of hydrogen-bond donors (Lipinski definition) is 2. The first-order chi connectivity index (χ1) is 14.3. The predicted molar refractivity (Wildman–Crippen MR) is 120 cm³/mol. The van der Waals surface area contributed by atoms with Gasteiger partial charge in [-0.3, -0.25) is 0 Å². The van der Waals surface area contributed by atoms with Crippen molar-refractivity contribution >= 4 is 11.8 Å². The minimum absolute atomic E-state index is 0. The number of aliphatic imine (C=N–C) groups is 1. The largest absolute Gasteiger partial charge is 1.00 e. The fourth-order valence-electron chi connectivity index (χ4n) is 4.59. The number of unbranched alkanes of at least 4 members (excludes halogenated alkanes) is 1. The summed E-state index contributed by atoms with van der Waals surface area (Å²) in [5.41, 5.74) is 6.94. The number of nitrogens with zero attached hydrogens (tertiary/aromatic N) is 1. The lowest BCUT2D eigenvalue weighted by Crippen LogP contribution is -3.00. The van der Waals surface area contributed by atoms with Crippen LogP contribution in [0.2, 0.25) is 0 Å². The van der Waals surface area contributed by atoms with E-state index in [0.717, 1.165) is 35.0 Å². The molecule has 0 amide bonds. The minimum atomic E-state index is 0. The molecule has 2 aromatic rings. The van der Waals surface area contributed by atoms with Crippen LogP contribution in [0.25, 0.3) is 6.08 Å². The number of halogens is 1. The Morgan fingerprint density at radius 1 is 1.23 bits per heavy atom. The van der Waals surface area contributed by atoms with Crippen LogP contribution >= 0.6 is 0 Å². The van der Waals surface area contributed by atoms with Crippen molar-refractivity contribution < 1.29 is 17.1 Å². The molecule has 2 aliphatic rings. The molecule has 30 heavy (non-hydrogen) atoms. The Balaban J connectivity index is 0.00000256. The molecular formula is C25H33ClN3O-. The van der Waals surface area contributed by atoms with Gasteiger partial charge >= 0.3 is 0 Å². The molecule has 0 saturated carbocycles. The number of allylic oxidation sites excluding steroid dienone is 1. The Labute approximate surface area is 186 Å². The van der Waals surface area contributed by atoms with Gasteiger partial charge in [0.15, 0.2) is 0 Å². The van der Waals surface area contributed by atoms with Crippen molar-refractivity contribution in [1.82, 2.24) is 9.97 Å². The van der Waals surface area contributed by atoms with Gasteiger partial charge in [-0.2, -0.15) is 0 Å². The SMILES string of the molecule is CCCCC1CCCCCCc2[nH]c(/C=C3/N=C(c4ccc[nH]4)C=C3OC)cc21.[Cl-]. The van der Waals surface area contributed by atoms with Gasteiger partial charge in [0.2, 0.25) is 0 Å². The maximum absolute atomic E-state index is 5.61. The van der Waals surface area contributed by atoms with Gasteiger partial charge in [0, 0.05) is 23.7 Å². The van der Waals surface area contributed by atoms with Crippen LogP contribution in [0, 0.1) is 0 Å². The van der Waals surface area contributed by atoms with Crippen LogP contribution in [-0.4, -0.2) is 22.8 Å². The zero-order chi connectivity index (χ0) is 20.1. The van der Waals surface area contributed by atoms with Crippen molar-refractivity contribution in [2.75, 3.05) is 7.11 Å². The second-order valence-corrected chi connectivity index (χ2v) is 8.27. The average Bonchev–Trinajstić information content (AvgIpc) is 3.46. The molecule has 2 N–H and O–H groups in total. The van der Waals surface area contributed by atoms with Crippen LogP contribution in [0.3, 0.4) is 0 Å². The molecule has 3 heterocycles. The van der Waals surface area contributed by atoms with Crippen molar-refractivity contribution in [3.05, 3.63) is 64.6 Å². The highest BCUT2D eigenvalue weighted by Gasteiger charge is 2.21. The Morgan fingerprint density at radius 2 is 2.10 bits per heavy atom. The first-order valence-electron chi connectivity index (χ1n) is 11.2. The van der Waals surface area contributed by atoms with Crippen molar-refractivity contribution in [2.24, 2.45) is 4.99 Å². The Kier molecular flexibility index (Phi) is 8.03. The number of H-pyrrole nitrogens is 2. The number of rotatable bonds is 6. The standard InChI is InChI=1S/C25H33N3O.ClH/c1-3-4-10-18-11-7-5-6-8-12-21-20(18)15-19(27-21)16-24-25(29-2)17-23(28-24)22-13-9-14-26-22;/h9,13-18,26-27H,3-8,10-12H2,1-2H3;1H/p-1/b24-16+;. The number of fused-ring (bicyclic) bond motifs is 1. The molecule has 162 valence electrons. The maximum atomic E-state index is 5.61. The van der Waals surface area contributed by atoms with Crippen LogP contribution in [0.15, 0.2) is 46.9 Å². The van der Waals surface area contributed by atoms with Gasteiger partial charge in [-0.05, 0) is 61.4 Å². The second-order valence-electron chi connectivity index (χ2n) is 8.27. The van der Waals surface area contributed by atoms with Gasteiger partial charge in [-0.25, -0.2) is 4.99 Å². The molecule has 4 rings (SSSR count). The molecule has 1 unspecified atom stereocenters. The molecule has 0 radical (unpaired) electrons. The molecule has 0 aromatic carbocycles. The van der Waals surface area contributed by atoms with E-state index in [-0.39, 0.29) is 12.4 Å². The zero-order valence-corrected chi connectivity index (χ0v) is 18.9. The third kappa shape index (κ3) is 5.10. The lowest BCUT2D eigenvalue weighted by Gasteiger charge is -2.16. The number of methoxy groups -OCH3 is 1. The Bertz CT molecular complexity index is 905. The van der Waals surface area contributed by atoms with Gasteiger partial charge < -0.3 is 27.1 Å². The zero-order valence-electron chi connectivity index (χ0n) is 18.1. The molecule has 5 heteroatoms. The lowest BCUT2D eigenvalue weighted by molar-refractivity contribution is -0.00000648. The van der Waals surface area contributed by atoms with Crippen molar-refractivity contribution in [3.63, 3.8) is 0 Å². The van der Waals surface area contributed by atoms with E-state index < -0.39 is 0 Å². The third-order valence-electron chi connectivity index (χ3n) is 6.18. The van der Waals surface area contributed by atoms with Crippen molar-refractivity contribution in [2.45, 2.75) is 70.6 Å². The number of aryl methyl sites for hydroxylation is 1. The summed E-state index contributed by atoms with van der Waals surface area (Å²) < 4.78 is 5.61. The highest BCUT2D eigenvalue weighted by molar-refractivity contribution is 6.11. The van der Waals surface area contributed by atoms with Crippen LogP contribution in [0.4, 0.5) is 0 Å². The molecule has 1 aliphatic carbocycles. The number of nitrogens with one attached hydrogen (secondary N) is 2. The van der Waals surface area contributed by atoms with Gasteiger partial charge in [0.1, 0.15) is 11.5 Å². The first-order valence-corrected chi connectivity index (χ1v) is 11.2. The summed E-state index contributed by atoms with van der Waals surface area (Å²) in [6, 6.07) is 6.40. The van der Waals surface area contributed by atoms with Gasteiger partial charge in [-0.1, -0.05) is 39.0 Å². The van der Waals surface area contributed by atoms with Crippen LogP contribution in [-0.2, 0) is 11.2 Å². The Hall–Kier alpha value is -2.20. The summed E-state index contributed by atoms with van der Waals surface area (Å²) in [5.74, 6) is 1.50. The van der Waals surface area contributed by atoms with Gasteiger partial charge in [0.25, 0.3) is 0 Å². The first kappa shape index (κ1) is 22.5. The molecular weight excluding hydrogens is 394 g/mol. The highest BCUT2D eigenvalue weighted by Crippen LogP contribution is 2.34. The summed E-state index contributed by atoms with van der Waals surface area (Å²) in [6.07, 6.45) is 17.8. The molecule has 0 fully saturated rings. The fraction of sp³-hybridized carbons (Fsp3) is 0.480. The van der Waals surface area contributed by atoms with E-state index in [4.69, 9.17) is 9.73 Å². The summed E-state index contributed by atoms with van der Waals surface area (Å²) in [5, 5.41) is 0. The molecule has 1 aliphatic heterocycles. The lowest BCUT2D eigenvalue weighted by atomic mass is 9.89. The van der Waals surface area contributed by atoms with Crippen LogP contribution in [0.5, 0.6) is 0 Å². The third-order valence-corrected chi connectivity index (χ3v) is 6.18. The summed E-state index contributed by atoms with van der Waals surface area (Å²) in [6.45, 7) is 2.29. The summed E-state index contributed by atoms with van der Waals surface area (Å²) in [4.78, 5) is 11.8. The number of aromatic amines is 2. The van der Waals surface area contributed by atoms with E-state index in [2.05, 4.69) is 29.0 Å². The van der Waals surface area contributed by atoms with E-state index in [1.807, 2.05) is 24.4 Å². The maximum Gasteiger partial charge on any atom is 0.146 e. The fourth-order valence-corrected chi connectivity index (χ4v) is 4.59. The molecule has 0 spiro atoms. The number of hydrogen-bond acceptors (Lipinski definition) is 2. The van der Waals surface area contributed by atoms with Crippen LogP contribution in [0.1, 0.15) is 86.9 Å². The van der Waals surface area contributed by atoms with E-state index in [1.165, 1.54) is 57.1 Å². The van der Waals surface area contributed by atoms with Crippen molar-refractivity contribution in [1.29, 1.82) is 0 Å². The monoisotopic (exact) mass is 426 g/mol. The predicted octanol–water partition coefficient (Wildman–Crippen LogP) is 3.50. The normalized spacial score (nSPS) is 20.5. The summed E-state index contributed by atoms with van der Waals surface area (Å²) in [7, 11) is 1.71. The molecule has 2 aromatic heterocycles. The van der Waals surface area contributed by atoms with Gasteiger partial charge in [-0.15, -0.1) is 0 Å². The molecule has 4 nitrogen and oxygen atoms in total. The summed E-state index contributed by atoms with van der Waals surface area (Å²) >= 11 is 0. The Morgan fingerprint density at radius 3 is 2.87 bits per heavy atom. The molecule has 0 bridgehead atoms. The van der Waals surface area contributed by atoms with Gasteiger partial charge in [0.05, 0.1) is 18.5 Å². The van der Waals surface area contributed by atoms with E-state index in [0.29, 0.717) is 5.92 Å². The van der Waals surface area contributed by atoms with E-state index >= 15 is 0 Å². The highest BCUT2D eigenvalue weighted by atomic mass is 35.5. The number of ether oxygens (including phenoxy) is 1. The van der Waals surface area contributed by atoms with E-state index in [9.17, 15) is 0 Å². The quantitative estimate of drug-likeness (QED) is 0.729. The molecule has 0 saturated heterocycles. The van der Waals surface area contributed by atoms with E-state index in [1.54, 1.807) is 12.7 Å². The molecule has 1 atom stereocenters. The smallest absolute Gasteiger partial charge is 0.146 e. The number of aromatic nitrogens is 2. The average molecular weight is 427 g/mol.